The maximum absolute atomic E-state index is 12.7. The molecule has 210 valence electrons. The number of phenols is 3. The predicted octanol–water partition coefficient (Wildman–Crippen LogP) is -1.14. The summed E-state index contributed by atoms with van der Waals surface area (Å²) in [6, 6.07) is 7.96. The van der Waals surface area contributed by atoms with Crippen LogP contribution in [0.25, 0.3) is 22.3 Å². The Labute approximate surface area is 219 Å². The van der Waals surface area contributed by atoms with Gasteiger partial charge >= 0.3 is 0 Å². The molecule has 3 heterocycles. The van der Waals surface area contributed by atoms with Crippen LogP contribution in [-0.4, -0.2) is 103 Å². The number of rotatable bonds is 5. The first-order valence-electron chi connectivity index (χ1n) is 11.8. The molecule has 8 atom stereocenters. The minimum atomic E-state index is -1.73. The Bertz CT molecular complexity index is 1390. The Morgan fingerprint density at radius 2 is 1.41 bits per heavy atom. The first kappa shape index (κ1) is 27.1. The second kappa shape index (κ2) is 10.6. The third-order valence-corrected chi connectivity index (χ3v) is 6.50. The maximum Gasteiger partial charge on any atom is 0.229 e. The van der Waals surface area contributed by atoms with Gasteiger partial charge in [0.05, 0.1) is 13.2 Å². The molecule has 3 aromatic rings. The third kappa shape index (κ3) is 5.11. The van der Waals surface area contributed by atoms with Crippen LogP contribution in [0.3, 0.4) is 0 Å². The monoisotopic (exact) mass is 550 g/mol. The number of benzene rings is 2. The molecule has 1 aromatic heterocycles. The zero-order valence-electron chi connectivity index (χ0n) is 20.0. The summed E-state index contributed by atoms with van der Waals surface area (Å²) in [5, 5.41) is 80.8. The van der Waals surface area contributed by atoms with Gasteiger partial charge in [-0.2, -0.15) is 0 Å². The van der Waals surface area contributed by atoms with Crippen molar-refractivity contribution < 1.29 is 64.2 Å². The number of hydrogen-bond acceptors (Lipinski definition) is 14. The molecule has 0 amide bonds. The van der Waals surface area contributed by atoms with E-state index in [0.29, 0.717) is 5.56 Å². The summed E-state index contributed by atoms with van der Waals surface area (Å²) in [4.78, 5) is 12.7. The summed E-state index contributed by atoms with van der Waals surface area (Å²) in [5.74, 6) is -2.09. The van der Waals surface area contributed by atoms with E-state index in [4.69, 9.17) is 23.4 Å². The van der Waals surface area contributed by atoms with Crippen molar-refractivity contribution >= 4 is 11.0 Å². The average molecular weight is 550 g/mol. The van der Waals surface area contributed by atoms with Gasteiger partial charge in [-0.3, -0.25) is 4.79 Å². The van der Waals surface area contributed by atoms with Crippen LogP contribution in [0.5, 0.6) is 23.0 Å². The molecule has 0 spiro atoms. The van der Waals surface area contributed by atoms with Crippen molar-refractivity contribution in [1.82, 2.24) is 0 Å². The zero-order chi connectivity index (χ0) is 28.0. The van der Waals surface area contributed by atoms with Crippen LogP contribution in [-0.2, 0) is 14.2 Å². The van der Waals surface area contributed by atoms with Crippen LogP contribution in [0, 0.1) is 0 Å². The molecule has 0 bridgehead atoms. The number of hydrogen-bond donors (Lipinski definition) is 8. The van der Waals surface area contributed by atoms with E-state index in [2.05, 4.69) is 0 Å². The van der Waals surface area contributed by atoms with Crippen LogP contribution in [0.1, 0.15) is 0 Å². The molecule has 2 aromatic carbocycles. The lowest BCUT2D eigenvalue weighted by Gasteiger charge is -2.42. The number of fused-ring (bicyclic) bond motifs is 1. The molecule has 8 N–H and O–H groups in total. The van der Waals surface area contributed by atoms with Crippen molar-refractivity contribution in [2.24, 2.45) is 0 Å². The first-order chi connectivity index (χ1) is 18.5. The van der Waals surface area contributed by atoms with Gasteiger partial charge < -0.3 is 64.2 Å². The topological polar surface area (TPSA) is 229 Å². The van der Waals surface area contributed by atoms with Gasteiger partial charge in [-0.1, -0.05) is 0 Å². The van der Waals surface area contributed by atoms with Crippen LogP contribution < -0.4 is 10.2 Å². The van der Waals surface area contributed by atoms with Gasteiger partial charge in [0.25, 0.3) is 0 Å². The van der Waals surface area contributed by atoms with Crippen molar-refractivity contribution in [3.05, 3.63) is 46.6 Å². The molecule has 2 aliphatic heterocycles. The summed E-state index contributed by atoms with van der Waals surface area (Å²) in [6.45, 7) is -0.829. The number of phenolic OH excluding ortho intramolecular Hbond substituents is 3. The SMILES string of the molecule is O=c1cc(-c2ccc(O)cc2)oc2cc(O[C@H]3OC[C@H](O)[C@@H](O)[C@H]3O[C@H]3OC[C@H](O)[C@@H](O)[C@H]3O)c(O)c(O)c12. The van der Waals surface area contributed by atoms with E-state index in [1.54, 1.807) is 0 Å². The van der Waals surface area contributed by atoms with E-state index in [9.17, 15) is 45.6 Å². The summed E-state index contributed by atoms with van der Waals surface area (Å²) in [7, 11) is 0. The van der Waals surface area contributed by atoms with E-state index in [-0.39, 0.29) is 22.5 Å². The lowest BCUT2D eigenvalue weighted by molar-refractivity contribution is -0.332. The lowest BCUT2D eigenvalue weighted by Crippen LogP contribution is -2.61. The van der Waals surface area contributed by atoms with E-state index < -0.39 is 85.1 Å². The van der Waals surface area contributed by atoms with Crippen LogP contribution in [0.2, 0.25) is 0 Å². The molecule has 2 aliphatic rings. The van der Waals surface area contributed by atoms with Crippen LogP contribution in [0.15, 0.2) is 45.6 Å². The second-order valence-corrected chi connectivity index (χ2v) is 9.20. The number of ether oxygens (including phenoxy) is 4. The zero-order valence-corrected chi connectivity index (χ0v) is 20.0. The molecule has 0 unspecified atom stereocenters. The minimum Gasteiger partial charge on any atom is -0.508 e. The average Bonchev–Trinajstić information content (AvgIpc) is 2.91. The van der Waals surface area contributed by atoms with E-state index in [1.807, 2.05) is 0 Å². The molecule has 14 nitrogen and oxygen atoms in total. The van der Waals surface area contributed by atoms with Crippen LogP contribution in [0.4, 0.5) is 0 Å². The Morgan fingerprint density at radius 1 is 0.769 bits per heavy atom. The number of aliphatic hydroxyl groups is 5. The summed E-state index contributed by atoms with van der Waals surface area (Å²) >= 11 is 0. The minimum absolute atomic E-state index is 0.00599. The van der Waals surface area contributed by atoms with E-state index in [1.165, 1.54) is 24.3 Å². The fourth-order valence-electron chi connectivity index (χ4n) is 4.32. The highest BCUT2D eigenvalue weighted by Gasteiger charge is 2.47. The molecule has 0 saturated carbocycles. The van der Waals surface area contributed by atoms with Crippen molar-refractivity contribution in [1.29, 1.82) is 0 Å². The fourth-order valence-corrected chi connectivity index (χ4v) is 4.32. The molecule has 2 fully saturated rings. The smallest absolute Gasteiger partial charge is 0.229 e. The van der Waals surface area contributed by atoms with E-state index in [0.717, 1.165) is 12.1 Å². The number of aliphatic hydroxyl groups excluding tert-OH is 5. The summed E-state index contributed by atoms with van der Waals surface area (Å²) < 4.78 is 27.6. The van der Waals surface area contributed by atoms with Gasteiger partial charge in [0.2, 0.25) is 12.0 Å². The molecular formula is C25H26O14. The highest BCUT2D eigenvalue weighted by Crippen LogP contribution is 2.42. The summed E-state index contributed by atoms with van der Waals surface area (Å²) in [5.41, 5.74) is -0.439. The van der Waals surface area contributed by atoms with Gasteiger partial charge in [-0.05, 0) is 24.3 Å². The Balaban J connectivity index is 1.47. The normalized spacial score (nSPS) is 31.3. The van der Waals surface area contributed by atoms with Gasteiger partial charge in [0.1, 0.15) is 53.0 Å². The highest BCUT2D eigenvalue weighted by atomic mass is 16.7. The van der Waals surface area contributed by atoms with Crippen molar-refractivity contribution in [3.8, 4) is 34.3 Å². The van der Waals surface area contributed by atoms with Gasteiger partial charge in [-0.25, -0.2) is 0 Å². The highest BCUT2D eigenvalue weighted by molar-refractivity contribution is 5.89. The van der Waals surface area contributed by atoms with Crippen molar-refractivity contribution in [2.75, 3.05) is 13.2 Å². The molecule has 5 rings (SSSR count). The standard InChI is InChI=1S/C25H26O14/c26-10-3-1-9(2-4-10)14-5-11(27)17-15(37-14)6-16(20(32)21(17)33)38-25-23(19(31)13(29)8-36-25)39-24-22(34)18(30)12(28)7-35-24/h1-6,12-13,18-19,22-26,28-34H,7-8H2/t12-,13-,18+,19+,22+,23+,24+,25+/m0/s1. The second-order valence-electron chi connectivity index (χ2n) is 9.20. The van der Waals surface area contributed by atoms with Crippen molar-refractivity contribution in [2.45, 2.75) is 49.2 Å². The molecule has 2 saturated heterocycles. The third-order valence-electron chi connectivity index (χ3n) is 6.50. The fraction of sp³-hybridized carbons (Fsp3) is 0.400. The Hall–Kier alpha value is -3.47. The van der Waals surface area contributed by atoms with Gasteiger partial charge in [0, 0.05) is 17.7 Å². The quantitative estimate of drug-likeness (QED) is 0.176. The molecule has 0 radical (unpaired) electrons. The lowest BCUT2D eigenvalue weighted by atomic mass is 10.0. The van der Waals surface area contributed by atoms with E-state index >= 15 is 0 Å². The van der Waals surface area contributed by atoms with Crippen molar-refractivity contribution in [3.63, 3.8) is 0 Å². The largest absolute Gasteiger partial charge is 0.508 e. The van der Waals surface area contributed by atoms with Crippen LogP contribution >= 0.6 is 0 Å². The molecule has 39 heavy (non-hydrogen) atoms. The molecule has 0 aliphatic carbocycles. The Kier molecular flexibility index (Phi) is 7.37. The number of aromatic hydroxyl groups is 3. The summed E-state index contributed by atoms with van der Waals surface area (Å²) in [6.07, 6.45) is -12.5. The Morgan fingerprint density at radius 3 is 2.10 bits per heavy atom. The van der Waals surface area contributed by atoms with Gasteiger partial charge in [-0.15, -0.1) is 0 Å². The predicted molar refractivity (Wildman–Crippen MR) is 128 cm³/mol. The van der Waals surface area contributed by atoms with Gasteiger partial charge in [0.15, 0.2) is 29.3 Å². The maximum atomic E-state index is 12.7. The first-order valence-corrected chi connectivity index (χ1v) is 11.8. The molecular weight excluding hydrogens is 524 g/mol. The molecule has 14 heteroatoms.